The number of imide groups is 1. The molecule has 0 fully saturated rings. The number of hydrogen-bond acceptors (Lipinski definition) is 4. The number of rotatable bonds is 3. The van der Waals surface area contributed by atoms with Gasteiger partial charge in [0.05, 0.1) is 5.56 Å². The van der Waals surface area contributed by atoms with Crippen LogP contribution in [-0.2, 0) is 17.8 Å². The Morgan fingerprint density at radius 3 is 2.50 bits per heavy atom. The first-order valence-corrected chi connectivity index (χ1v) is 9.62. The van der Waals surface area contributed by atoms with Crippen molar-refractivity contribution in [3.05, 3.63) is 65.2 Å². The number of carbonyl (C=O) groups is 2. The Bertz CT molecular complexity index is 893. The van der Waals surface area contributed by atoms with Gasteiger partial charge in [-0.05, 0) is 53.9 Å². The standard InChI is InChI=1S/C21H21BrFNO4/c1-20(2,3)28-19(26)24-18(25)17-15(12-21(24,22)23)10-7-11-16(17)27-13-14-8-5-4-6-9-14/h4-11H,12-13H2,1-3H3. The summed E-state index contributed by atoms with van der Waals surface area (Å²) in [6, 6.07) is 14.4. The molecule has 1 heterocycles. The third-order valence-corrected chi connectivity index (χ3v) is 4.71. The Morgan fingerprint density at radius 1 is 1.18 bits per heavy atom. The molecule has 1 aliphatic rings. The number of hydrogen-bond donors (Lipinski definition) is 0. The number of ether oxygens (including phenoxy) is 2. The Labute approximate surface area is 171 Å². The number of carbonyl (C=O) groups excluding carboxylic acids is 2. The number of nitrogens with zero attached hydrogens (tertiary/aromatic N) is 1. The van der Waals surface area contributed by atoms with Gasteiger partial charge < -0.3 is 9.47 Å². The van der Waals surface area contributed by atoms with Crippen molar-refractivity contribution < 1.29 is 23.5 Å². The predicted octanol–water partition coefficient (Wildman–Crippen LogP) is 5.22. The first-order valence-electron chi connectivity index (χ1n) is 8.82. The van der Waals surface area contributed by atoms with E-state index in [4.69, 9.17) is 9.47 Å². The minimum Gasteiger partial charge on any atom is -0.488 e. The van der Waals surface area contributed by atoms with Gasteiger partial charge >= 0.3 is 6.09 Å². The molecule has 0 saturated carbocycles. The summed E-state index contributed by atoms with van der Waals surface area (Å²) in [7, 11) is 0. The summed E-state index contributed by atoms with van der Waals surface area (Å²) >= 11 is 2.87. The summed E-state index contributed by atoms with van der Waals surface area (Å²) in [4.78, 5) is 26.0. The van der Waals surface area contributed by atoms with Crippen LogP contribution >= 0.6 is 15.9 Å². The minimum absolute atomic E-state index is 0.164. The zero-order valence-electron chi connectivity index (χ0n) is 15.9. The van der Waals surface area contributed by atoms with Crippen molar-refractivity contribution in [3.8, 4) is 5.75 Å². The fraction of sp³-hybridized carbons (Fsp3) is 0.333. The third kappa shape index (κ3) is 4.35. The molecule has 0 aromatic heterocycles. The molecule has 0 saturated heterocycles. The summed E-state index contributed by atoms with van der Waals surface area (Å²) in [6.07, 6.45) is -1.27. The lowest BCUT2D eigenvalue weighted by atomic mass is 9.97. The van der Waals surface area contributed by atoms with Crippen molar-refractivity contribution >= 4 is 27.9 Å². The van der Waals surface area contributed by atoms with E-state index in [-0.39, 0.29) is 18.6 Å². The van der Waals surface area contributed by atoms with Crippen LogP contribution in [-0.4, -0.2) is 27.2 Å². The molecule has 0 N–H and O–H groups in total. The van der Waals surface area contributed by atoms with Gasteiger partial charge in [0.25, 0.3) is 10.6 Å². The van der Waals surface area contributed by atoms with E-state index in [1.807, 2.05) is 30.3 Å². The van der Waals surface area contributed by atoms with E-state index >= 15 is 4.39 Å². The molecular weight excluding hydrogens is 429 g/mol. The number of fused-ring (bicyclic) bond motifs is 1. The molecule has 148 valence electrons. The van der Waals surface area contributed by atoms with E-state index in [1.165, 1.54) is 0 Å². The summed E-state index contributed by atoms with van der Waals surface area (Å²) < 4.78 is 23.8. The van der Waals surface area contributed by atoms with Crippen molar-refractivity contribution in [2.75, 3.05) is 0 Å². The average Bonchev–Trinajstić information content (AvgIpc) is 2.58. The smallest absolute Gasteiger partial charge is 0.420 e. The molecule has 28 heavy (non-hydrogen) atoms. The molecule has 0 spiro atoms. The lowest BCUT2D eigenvalue weighted by Crippen LogP contribution is -2.54. The topological polar surface area (TPSA) is 55.8 Å². The molecule has 0 aliphatic carbocycles. The van der Waals surface area contributed by atoms with Gasteiger partial charge in [-0.15, -0.1) is 0 Å². The quantitative estimate of drug-likeness (QED) is 0.476. The fourth-order valence-electron chi connectivity index (χ4n) is 2.91. The van der Waals surface area contributed by atoms with Crippen molar-refractivity contribution in [1.82, 2.24) is 4.90 Å². The van der Waals surface area contributed by atoms with E-state index in [9.17, 15) is 9.59 Å². The predicted molar refractivity (Wildman–Crippen MR) is 106 cm³/mol. The van der Waals surface area contributed by atoms with Crippen molar-refractivity contribution in [2.24, 2.45) is 0 Å². The number of halogens is 2. The van der Waals surface area contributed by atoms with Crippen molar-refractivity contribution in [2.45, 2.75) is 44.1 Å². The maximum absolute atomic E-state index is 15.2. The maximum atomic E-state index is 15.2. The molecule has 7 heteroatoms. The second-order valence-corrected chi connectivity index (χ2v) is 8.74. The van der Waals surface area contributed by atoms with Crippen LogP contribution in [0.1, 0.15) is 42.3 Å². The first kappa shape index (κ1) is 20.3. The van der Waals surface area contributed by atoms with Gasteiger partial charge in [0.15, 0.2) is 0 Å². The summed E-state index contributed by atoms with van der Waals surface area (Å²) in [5, 5.41) is 0. The molecule has 1 unspecified atom stereocenters. The molecule has 5 nitrogen and oxygen atoms in total. The highest BCUT2D eigenvalue weighted by Crippen LogP contribution is 2.41. The van der Waals surface area contributed by atoms with Gasteiger partial charge in [0.2, 0.25) is 0 Å². The summed E-state index contributed by atoms with van der Waals surface area (Å²) in [5.74, 6) is -0.513. The van der Waals surface area contributed by atoms with Crippen LogP contribution in [0.4, 0.5) is 9.18 Å². The monoisotopic (exact) mass is 449 g/mol. The number of benzene rings is 2. The Kier molecular flexibility index (Phi) is 5.48. The molecule has 2 aromatic rings. The molecule has 1 aliphatic heterocycles. The van der Waals surface area contributed by atoms with E-state index in [0.29, 0.717) is 16.2 Å². The highest BCUT2D eigenvalue weighted by atomic mass is 79.9. The van der Waals surface area contributed by atoms with Crippen molar-refractivity contribution in [1.29, 1.82) is 0 Å². The minimum atomic E-state index is -2.38. The van der Waals surface area contributed by atoms with Crippen LogP contribution < -0.4 is 4.74 Å². The average molecular weight is 450 g/mol. The van der Waals surface area contributed by atoms with E-state index in [0.717, 1.165) is 5.56 Å². The van der Waals surface area contributed by atoms with Gasteiger partial charge in [-0.2, -0.15) is 4.90 Å². The second-order valence-electron chi connectivity index (χ2n) is 7.53. The van der Waals surface area contributed by atoms with Crippen LogP contribution in [0.15, 0.2) is 48.5 Å². The van der Waals surface area contributed by atoms with Gasteiger partial charge in [-0.1, -0.05) is 42.5 Å². The van der Waals surface area contributed by atoms with Gasteiger partial charge in [0, 0.05) is 6.42 Å². The fourth-order valence-corrected chi connectivity index (χ4v) is 3.52. The van der Waals surface area contributed by atoms with Crippen LogP contribution in [0.3, 0.4) is 0 Å². The van der Waals surface area contributed by atoms with Crippen molar-refractivity contribution in [3.63, 3.8) is 0 Å². The highest BCUT2D eigenvalue weighted by Gasteiger charge is 2.50. The largest absolute Gasteiger partial charge is 0.488 e. The van der Waals surface area contributed by atoms with Crippen LogP contribution in [0.2, 0.25) is 0 Å². The van der Waals surface area contributed by atoms with E-state index in [1.54, 1.807) is 39.0 Å². The Morgan fingerprint density at radius 2 is 1.86 bits per heavy atom. The molecular formula is C21H21BrFNO4. The Hall–Kier alpha value is -2.41. The van der Waals surface area contributed by atoms with E-state index in [2.05, 4.69) is 15.9 Å². The molecule has 1 atom stereocenters. The SMILES string of the molecule is CC(C)(C)OC(=O)N1C(=O)c2c(cccc2OCc2ccccc2)CC1(F)Br. The first-order chi connectivity index (χ1) is 13.1. The normalized spacial score (nSPS) is 19.2. The zero-order valence-corrected chi connectivity index (χ0v) is 17.5. The van der Waals surface area contributed by atoms with E-state index < -0.39 is 22.3 Å². The Balaban J connectivity index is 1.92. The zero-order chi connectivity index (χ0) is 20.5. The third-order valence-electron chi connectivity index (χ3n) is 4.07. The molecule has 0 radical (unpaired) electrons. The van der Waals surface area contributed by atoms with Gasteiger partial charge in [-0.25, -0.2) is 9.18 Å². The van der Waals surface area contributed by atoms with Gasteiger partial charge in [-0.3, -0.25) is 4.79 Å². The lowest BCUT2D eigenvalue weighted by molar-refractivity contribution is -0.00804. The van der Waals surface area contributed by atoms with Crippen LogP contribution in [0.25, 0.3) is 0 Å². The lowest BCUT2D eigenvalue weighted by Gasteiger charge is -2.37. The summed E-state index contributed by atoms with van der Waals surface area (Å²) in [5.41, 5.74) is 0.670. The molecule has 2 aromatic carbocycles. The maximum Gasteiger partial charge on any atom is 0.420 e. The second kappa shape index (κ2) is 7.54. The van der Waals surface area contributed by atoms with Crippen LogP contribution in [0, 0.1) is 0 Å². The highest BCUT2D eigenvalue weighted by molar-refractivity contribution is 9.10. The molecule has 0 bridgehead atoms. The number of amides is 2. The summed E-state index contributed by atoms with van der Waals surface area (Å²) in [6.45, 7) is 5.19. The van der Waals surface area contributed by atoms with Gasteiger partial charge in [0.1, 0.15) is 18.0 Å². The molecule has 3 rings (SSSR count). The number of alkyl halides is 2. The molecule has 2 amide bonds. The van der Waals surface area contributed by atoms with Crippen LogP contribution in [0.5, 0.6) is 5.75 Å².